The largest absolute Gasteiger partial charge is 0.317 e. The van der Waals surface area contributed by atoms with E-state index in [4.69, 9.17) is 0 Å². The van der Waals surface area contributed by atoms with Crippen LogP contribution in [0.5, 0.6) is 0 Å². The smallest absolute Gasteiger partial charge is 0.111 e. The molecule has 0 radical (unpaired) electrons. The van der Waals surface area contributed by atoms with Crippen LogP contribution in [0.4, 0.5) is 0 Å². The lowest BCUT2D eigenvalue weighted by Gasteiger charge is -2.44. The van der Waals surface area contributed by atoms with Crippen LogP contribution < -0.4 is 5.32 Å². The first-order valence-electron chi connectivity index (χ1n) is 6.14. The van der Waals surface area contributed by atoms with Gasteiger partial charge >= 0.3 is 0 Å². The second-order valence-corrected chi connectivity index (χ2v) is 5.06. The van der Waals surface area contributed by atoms with Gasteiger partial charge in [-0.3, -0.25) is 4.90 Å². The van der Waals surface area contributed by atoms with E-state index in [1.54, 1.807) is 0 Å². The Bertz CT molecular complexity index is 242. The zero-order valence-corrected chi connectivity index (χ0v) is 9.63. The molecular weight excluding hydrogens is 186 g/mol. The van der Waals surface area contributed by atoms with Gasteiger partial charge in [-0.25, -0.2) is 0 Å². The summed E-state index contributed by atoms with van der Waals surface area (Å²) in [4.78, 5) is 2.44. The maximum atomic E-state index is 9.44. The summed E-state index contributed by atoms with van der Waals surface area (Å²) in [7, 11) is 0. The highest BCUT2D eigenvalue weighted by Crippen LogP contribution is 2.30. The number of rotatable bonds is 1. The zero-order chi connectivity index (χ0) is 10.7. The van der Waals surface area contributed by atoms with Crippen LogP contribution in [0.15, 0.2) is 0 Å². The minimum Gasteiger partial charge on any atom is -0.317 e. The first-order valence-corrected chi connectivity index (χ1v) is 6.14. The van der Waals surface area contributed by atoms with Gasteiger partial charge in [0.2, 0.25) is 0 Å². The summed E-state index contributed by atoms with van der Waals surface area (Å²) < 4.78 is 0. The molecule has 0 aromatic heterocycles. The van der Waals surface area contributed by atoms with Gasteiger partial charge in [0.25, 0.3) is 0 Å². The van der Waals surface area contributed by atoms with E-state index in [-0.39, 0.29) is 5.54 Å². The lowest BCUT2D eigenvalue weighted by molar-refractivity contribution is 0.0681. The number of hydrogen-bond acceptors (Lipinski definition) is 3. The lowest BCUT2D eigenvalue weighted by Crippen LogP contribution is -2.55. The molecule has 2 heterocycles. The summed E-state index contributed by atoms with van der Waals surface area (Å²) in [6.45, 7) is 6.56. The summed E-state index contributed by atoms with van der Waals surface area (Å²) in [6.07, 6.45) is 4.52. The zero-order valence-electron chi connectivity index (χ0n) is 9.63. The van der Waals surface area contributed by atoms with Crippen molar-refractivity contribution in [2.24, 2.45) is 5.92 Å². The molecule has 0 atom stereocenters. The van der Waals surface area contributed by atoms with Gasteiger partial charge in [-0.05, 0) is 57.8 Å². The standard InChI is InChI=1S/C12H21N3/c1-11-2-8-15(9-3-11)12(10-13)4-6-14-7-5-12/h11,14H,2-9H2,1H3. The molecule has 0 aromatic rings. The molecule has 0 amide bonds. The van der Waals surface area contributed by atoms with E-state index < -0.39 is 0 Å². The minimum absolute atomic E-state index is 0.147. The molecule has 2 aliphatic rings. The van der Waals surface area contributed by atoms with E-state index in [1.807, 2.05) is 0 Å². The Morgan fingerprint density at radius 1 is 1.27 bits per heavy atom. The Balaban J connectivity index is 2.03. The van der Waals surface area contributed by atoms with E-state index in [1.165, 1.54) is 12.8 Å². The fourth-order valence-electron chi connectivity index (χ4n) is 2.78. The van der Waals surface area contributed by atoms with Crippen molar-refractivity contribution < 1.29 is 0 Å². The Labute approximate surface area is 92.4 Å². The van der Waals surface area contributed by atoms with E-state index >= 15 is 0 Å². The average Bonchev–Trinajstić information content (AvgIpc) is 2.31. The molecular formula is C12H21N3. The second-order valence-electron chi connectivity index (χ2n) is 5.06. The van der Waals surface area contributed by atoms with Gasteiger partial charge in [0, 0.05) is 0 Å². The molecule has 1 N–H and O–H groups in total. The molecule has 0 bridgehead atoms. The highest BCUT2D eigenvalue weighted by molar-refractivity contribution is 5.11. The number of nitriles is 1. The predicted octanol–water partition coefficient (Wildman–Crippen LogP) is 1.36. The fraction of sp³-hybridized carbons (Fsp3) is 0.917. The molecule has 15 heavy (non-hydrogen) atoms. The van der Waals surface area contributed by atoms with Crippen molar-refractivity contribution in [3.05, 3.63) is 0 Å². The number of hydrogen-bond donors (Lipinski definition) is 1. The summed E-state index contributed by atoms with van der Waals surface area (Å²) in [5, 5.41) is 12.8. The van der Waals surface area contributed by atoms with Gasteiger partial charge in [-0.15, -0.1) is 0 Å². The molecule has 0 spiro atoms. The van der Waals surface area contributed by atoms with Crippen LogP contribution >= 0.6 is 0 Å². The van der Waals surface area contributed by atoms with Crippen LogP contribution in [0.3, 0.4) is 0 Å². The lowest BCUT2D eigenvalue weighted by atomic mass is 9.85. The van der Waals surface area contributed by atoms with Crippen LogP contribution in [-0.4, -0.2) is 36.6 Å². The topological polar surface area (TPSA) is 39.1 Å². The Morgan fingerprint density at radius 3 is 2.40 bits per heavy atom. The van der Waals surface area contributed by atoms with E-state index in [2.05, 4.69) is 23.2 Å². The molecule has 3 nitrogen and oxygen atoms in total. The molecule has 0 unspecified atom stereocenters. The molecule has 2 fully saturated rings. The maximum Gasteiger partial charge on any atom is 0.111 e. The molecule has 0 aromatic carbocycles. The van der Waals surface area contributed by atoms with Crippen LogP contribution in [0.2, 0.25) is 0 Å². The van der Waals surface area contributed by atoms with E-state index in [0.29, 0.717) is 0 Å². The van der Waals surface area contributed by atoms with Gasteiger partial charge in [0.05, 0.1) is 6.07 Å². The molecule has 3 heteroatoms. The average molecular weight is 207 g/mol. The Morgan fingerprint density at radius 2 is 1.87 bits per heavy atom. The quantitative estimate of drug-likeness (QED) is 0.705. The third-order valence-corrected chi connectivity index (χ3v) is 4.03. The number of likely N-dealkylation sites (tertiary alicyclic amines) is 1. The van der Waals surface area contributed by atoms with Crippen molar-refractivity contribution in [3.63, 3.8) is 0 Å². The van der Waals surface area contributed by atoms with Gasteiger partial charge in [0.1, 0.15) is 5.54 Å². The van der Waals surface area contributed by atoms with Crippen LogP contribution in [0.1, 0.15) is 32.6 Å². The third kappa shape index (κ3) is 2.16. The number of piperidine rings is 2. The van der Waals surface area contributed by atoms with Crippen molar-refractivity contribution >= 4 is 0 Å². The monoisotopic (exact) mass is 207 g/mol. The summed E-state index contributed by atoms with van der Waals surface area (Å²) in [5.74, 6) is 0.846. The normalized spacial score (nSPS) is 28.5. The summed E-state index contributed by atoms with van der Waals surface area (Å²) in [5.41, 5.74) is -0.147. The molecule has 2 rings (SSSR count). The third-order valence-electron chi connectivity index (χ3n) is 4.03. The first kappa shape index (κ1) is 10.9. The molecule has 2 aliphatic heterocycles. The van der Waals surface area contributed by atoms with Crippen LogP contribution in [0.25, 0.3) is 0 Å². The summed E-state index contributed by atoms with van der Waals surface area (Å²) in [6, 6.07) is 2.59. The maximum absolute atomic E-state index is 9.44. The highest BCUT2D eigenvalue weighted by Gasteiger charge is 2.39. The Kier molecular flexibility index (Phi) is 3.28. The van der Waals surface area contributed by atoms with Gasteiger partial charge in [-0.2, -0.15) is 5.26 Å². The van der Waals surface area contributed by atoms with Crippen molar-refractivity contribution in [2.75, 3.05) is 26.2 Å². The second kappa shape index (κ2) is 4.51. The van der Waals surface area contributed by atoms with Crippen molar-refractivity contribution in [2.45, 2.75) is 38.1 Å². The number of nitrogens with zero attached hydrogens (tertiary/aromatic N) is 2. The van der Waals surface area contributed by atoms with Crippen molar-refractivity contribution in [3.8, 4) is 6.07 Å². The van der Waals surface area contributed by atoms with Gasteiger partial charge in [-0.1, -0.05) is 6.92 Å². The van der Waals surface area contributed by atoms with Gasteiger partial charge in [0.15, 0.2) is 0 Å². The summed E-state index contributed by atoms with van der Waals surface area (Å²) >= 11 is 0. The van der Waals surface area contributed by atoms with Gasteiger partial charge < -0.3 is 5.32 Å². The number of nitrogens with one attached hydrogen (secondary N) is 1. The molecule has 0 saturated carbocycles. The first-order chi connectivity index (χ1) is 7.27. The fourth-order valence-corrected chi connectivity index (χ4v) is 2.78. The predicted molar refractivity (Wildman–Crippen MR) is 60.4 cm³/mol. The van der Waals surface area contributed by atoms with E-state index in [9.17, 15) is 5.26 Å². The van der Waals surface area contributed by atoms with Crippen LogP contribution in [-0.2, 0) is 0 Å². The SMILES string of the molecule is CC1CCN(C2(C#N)CCNCC2)CC1. The van der Waals surface area contributed by atoms with Crippen molar-refractivity contribution in [1.82, 2.24) is 10.2 Å². The van der Waals surface area contributed by atoms with E-state index in [0.717, 1.165) is 44.9 Å². The minimum atomic E-state index is -0.147. The molecule has 2 saturated heterocycles. The van der Waals surface area contributed by atoms with Crippen LogP contribution in [0, 0.1) is 17.2 Å². The molecule has 0 aliphatic carbocycles. The van der Waals surface area contributed by atoms with Crippen molar-refractivity contribution in [1.29, 1.82) is 5.26 Å². The highest BCUT2D eigenvalue weighted by atomic mass is 15.2. The molecule has 84 valence electrons. The Hall–Kier alpha value is -0.590.